The zero-order chi connectivity index (χ0) is 23.1. The Bertz CT molecular complexity index is 1120. The molecule has 0 aliphatic rings. The van der Waals surface area contributed by atoms with Gasteiger partial charge in [-0.15, -0.1) is 0 Å². The van der Waals surface area contributed by atoms with Crippen molar-refractivity contribution in [3.8, 4) is 5.75 Å². The molecule has 0 spiro atoms. The molecule has 8 nitrogen and oxygen atoms in total. The molecule has 1 amide bonds. The Hall–Kier alpha value is -2.14. The second-order valence-corrected chi connectivity index (χ2v) is 11.0. The summed E-state index contributed by atoms with van der Waals surface area (Å²) in [6.07, 6.45) is 1.65. The summed E-state index contributed by atoms with van der Waals surface area (Å²) in [6, 6.07) is 12.3. The molecule has 0 bridgehead atoms. The predicted molar refractivity (Wildman–Crippen MR) is 119 cm³/mol. The van der Waals surface area contributed by atoms with E-state index in [0.29, 0.717) is 25.3 Å². The van der Waals surface area contributed by atoms with Crippen LogP contribution in [0, 0.1) is 0 Å². The van der Waals surface area contributed by atoms with Gasteiger partial charge in [-0.05, 0) is 36.8 Å². The van der Waals surface area contributed by atoms with Crippen LogP contribution in [0.3, 0.4) is 0 Å². The lowest BCUT2D eigenvalue weighted by molar-refractivity contribution is -0.129. The lowest BCUT2D eigenvalue weighted by Gasteiger charge is -2.17. The highest BCUT2D eigenvalue weighted by atomic mass is 35.5. The first-order chi connectivity index (χ1) is 14.5. The fourth-order valence-corrected chi connectivity index (χ4v) is 4.84. The maximum atomic E-state index is 12.3. The highest BCUT2D eigenvalue weighted by Gasteiger charge is 2.18. The van der Waals surface area contributed by atoms with Gasteiger partial charge < -0.3 is 9.64 Å². The maximum absolute atomic E-state index is 12.3. The number of hydrogen-bond acceptors (Lipinski definition) is 6. The molecule has 0 aliphatic carbocycles. The number of nitrogens with one attached hydrogen (secondary N) is 1. The van der Waals surface area contributed by atoms with Gasteiger partial charge in [0.1, 0.15) is 10.6 Å². The second-order valence-electron chi connectivity index (χ2n) is 6.84. The highest BCUT2D eigenvalue weighted by Crippen LogP contribution is 2.20. The minimum Gasteiger partial charge on any atom is -0.493 e. The Kier molecular flexibility index (Phi) is 8.87. The van der Waals surface area contributed by atoms with Crippen LogP contribution in [0.15, 0.2) is 58.3 Å². The zero-order valence-corrected chi connectivity index (χ0v) is 19.6. The first-order valence-electron chi connectivity index (χ1n) is 9.42. The molecule has 170 valence electrons. The molecule has 0 fully saturated rings. The van der Waals surface area contributed by atoms with E-state index in [-0.39, 0.29) is 33.7 Å². The number of rotatable bonds is 11. The van der Waals surface area contributed by atoms with Crippen molar-refractivity contribution in [3.63, 3.8) is 0 Å². The van der Waals surface area contributed by atoms with Gasteiger partial charge in [-0.1, -0.05) is 29.8 Å². The molecular weight excluding hydrogens is 464 g/mol. The van der Waals surface area contributed by atoms with Gasteiger partial charge in [-0.3, -0.25) is 4.79 Å². The number of nitrogens with zero attached hydrogens (tertiary/aromatic N) is 1. The predicted octanol–water partition coefficient (Wildman–Crippen LogP) is 2.34. The van der Waals surface area contributed by atoms with Gasteiger partial charge >= 0.3 is 0 Å². The largest absolute Gasteiger partial charge is 0.493 e. The fourth-order valence-electron chi connectivity index (χ4n) is 2.63. The van der Waals surface area contributed by atoms with Gasteiger partial charge in [0.25, 0.3) is 0 Å². The Balaban J connectivity index is 1.74. The number of hydrogen-bond donors (Lipinski definition) is 1. The molecule has 2 rings (SSSR count). The molecule has 0 aromatic heterocycles. The van der Waals surface area contributed by atoms with Crippen molar-refractivity contribution in [1.29, 1.82) is 0 Å². The summed E-state index contributed by atoms with van der Waals surface area (Å²) in [4.78, 5) is 13.8. The van der Waals surface area contributed by atoms with E-state index in [1.165, 1.54) is 29.2 Å². The average molecular weight is 489 g/mol. The minimum absolute atomic E-state index is 0.00254. The molecule has 0 atom stereocenters. The third kappa shape index (κ3) is 7.80. The number of sulfonamides is 1. The molecule has 2 aromatic rings. The van der Waals surface area contributed by atoms with E-state index < -0.39 is 19.9 Å². The van der Waals surface area contributed by atoms with Crippen LogP contribution in [-0.2, 0) is 24.7 Å². The number of carbonyl (C=O) groups excluding carboxylic acids is 1. The summed E-state index contributed by atoms with van der Waals surface area (Å²) in [5.74, 6) is 0.215. The summed E-state index contributed by atoms with van der Waals surface area (Å²) in [5, 5.41) is 0.112. The number of carbonyl (C=O) groups is 1. The minimum atomic E-state index is -3.79. The van der Waals surface area contributed by atoms with Crippen LogP contribution >= 0.6 is 11.6 Å². The Morgan fingerprint density at radius 2 is 1.81 bits per heavy atom. The molecule has 0 saturated carbocycles. The van der Waals surface area contributed by atoms with Crippen LogP contribution < -0.4 is 9.46 Å². The fraction of sp³-hybridized carbons (Fsp3) is 0.350. The van der Waals surface area contributed by atoms with Crippen molar-refractivity contribution in [2.45, 2.75) is 22.6 Å². The quantitative estimate of drug-likeness (QED) is 0.486. The van der Waals surface area contributed by atoms with E-state index in [1.54, 1.807) is 31.3 Å². The van der Waals surface area contributed by atoms with Crippen LogP contribution in [0.4, 0.5) is 0 Å². The van der Waals surface area contributed by atoms with Crippen molar-refractivity contribution in [2.24, 2.45) is 0 Å². The molecule has 11 heteroatoms. The summed E-state index contributed by atoms with van der Waals surface area (Å²) < 4.78 is 55.6. The van der Waals surface area contributed by atoms with E-state index in [2.05, 4.69) is 4.72 Å². The van der Waals surface area contributed by atoms with E-state index in [1.807, 2.05) is 0 Å². The summed E-state index contributed by atoms with van der Waals surface area (Å²) >= 11 is 5.91. The van der Waals surface area contributed by atoms with Crippen LogP contribution in [-0.4, -0.2) is 60.6 Å². The van der Waals surface area contributed by atoms with Gasteiger partial charge in [0, 0.05) is 32.8 Å². The number of benzene rings is 2. The van der Waals surface area contributed by atoms with Crippen LogP contribution in [0.1, 0.15) is 12.8 Å². The third-order valence-electron chi connectivity index (χ3n) is 4.32. The lowest BCUT2D eigenvalue weighted by atomic mass is 10.3. The molecule has 0 radical (unpaired) electrons. The smallest absolute Gasteiger partial charge is 0.242 e. The SMILES string of the molecule is CN(CCCOc1cccc(S(C)(=O)=O)c1)C(=O)CCNS(=O)(=O)c1ccccc1Cl. The molecular formula is C20H25ClN2O6S2. The first kappa shape index (κ1) is 25.1. The standard InChI is InChI=1S/C20H25ClN2O6S2/c1-23(13-6-14-29-16-7-5-8-17(15-16)30(2,25)26)20(24)11-12-22-31(27,28)19-10-4-3-9-18(19)21/h3-5,7-10,15,22H,6,11-14H2,1-2H3. The molecule has 0 unspecified atom stereocenters. The summed E-state index contributed by atoms with van der Waals surface area (Å²) in [7, 11) is -5.48. The monoisotopic (exact) mass is 488 g/mol. The van der Waals surface area contributed by atoms with Crippen LogP contribution in [0.2, 0.25) is 5.02 Å². The van der Waals surface area contributed by atoms with Crippen LogP contribution in [0.5, 0.6) is 5.75 Å². The van der Waals surface area contributed by atoms with Gasteiger partial charge in [0.2, 0.25) is 15.9 Å². The van der Waals surface area contributed by atoms with Gasteiger partial charge in [0.05, 0.1) is 16.5 Å². The third-order valence-corrected chi connectivity index (χ3v) is 7.39. The summed E-state index contributed by atoms with van der Waals surface area (Å²) in [6.45, 7) is 0.650. The van der Waals surface area contributed by atoms with E-state index in [4.69, 9.17) is 16.3 Å². The number of halogens is 1. The number of amides is 1. The van der Waals surface area contributed by atoms with Crippen molar-refractivity contribution in [1.82, 2.24) is 9.62 Å². The molecule has 2 aromatic carbocycles. The van der Waals surface area contributed by atoms with Crippen molar-refractivity contribution in [2.75, 3.05) is 33.0 Å². The first-order valence-corrected chi connectivity index (χ1v) is 13.2. The van der Waals surface area contributed by atoms with E-state index in [9.17, 15) is 21.6 Å². The molecule has 0 aliphatic heterocycles. The Labute approximate surface area is 188 Å². The second kappa shape index (κ2) is 10.9. The van der Waals surface area contributed by atoms with Crippen molar-refractivity contribution < 1.29 is 26.4 Å². The lowest BCUT2D eigenvalue weighted by Crippen LogP contribution is -2.33. The van der Waals surface area contributed by atoms with Crippen molar-refractivity contribution in [3.05, 3.63) is 53.6 Å². The number of sulfone groups is 1. The van der Waals surface area contributed by atoms with E-state index in [0.717, 1.165) is 6.26 Å². The maximum Gasteiger partial charge on any atom is 0.242 e. The van der Waals surface area contributed by atoms with Crippen LogP contribution in [0.25, 0.3) is 0 Å². The van der Waals surface area contributed by atoms with Gasteiger partial charge in [-0.25, -0.2) is 21.6 Å². The zero-order valence-electron chi connectivity index (χ0n) is 17.2. The van der Waals surface area contributed by atoms with E-state index >= 15 is 0 Å². The van der Waals surface area contributed by atoms with Gasteiger partial charge in [0.15, 0.2) is 9.84 Å². The number of ether oxygens (including phenoxy) is 1. The normalized spacial score (nSPS) is 11.8. The topological polar surface area (TPSA) is 110 Å². The molecule has 0 heterocycles. The highest BCUT2D eigenvalue weighted by molar-refractivity contribution is 7.90. The summed E-state index contributed by atoms with van der Waals surface area (Å²) in [5.41, 5.74) is 0. The average Bonchev–Trinajstić information content (AvgIpc) is 2.70. The van der Waals surface area contributed by atoms with Crippen molar-refractivity contribution >= 4 is 37.4 Å². The molecule has 0 saturated heterocycles. The Morgan fingerprint density at radius 3 is 2.48 bits per heavy atom. The molecule has 31 heavy (non-hydrogen) atoms. The molecule has 1 N–H and O–H groups in total. The van der Waals surface area contributed by atoms with Gasteiger partial charge in [-0.2, -0.15) is 0 Å². The Morgan fingerprint density at radius 1 is 1.10 bits per heavy atom.